The van der Waals surface area contributed by atoms with E-state index >= 15 is 0 Å². The summed E-state index contributed by atoms with van der Waals surface area (Å²) in [5.74, 6) is 2.13. The number of ether oxygens (including phenoxy) is 1. The van der Waals surface area contributed by atoms with Gasteiger partial charge >= 0.3 is 0 Å². The van der Waals surface area contributed by atoms with Gasteiger partial charge in [0.2, 0.25) is 5.91 Å². The van der Waals surface area contributed by atoms with Gasteiger partial charge in [-0.25, -0.2) is 4.98 Å². The number of aromatic nitrogens is 2. The van der Waals surface area contributed by atoms with Gasteiger partial charge in [0.1, 0.15) is 11.6 Å². The van der Waals surface area contributed by atoms with Crippen LogP contribution in [0.2, 0.25) is 0 Å². The Hall–Kier alpha value is -2.82. The van der Waals surface area contributed by atoms with Crippen molar-refractivity contribution in [2.24, 2.45) is 0 Å². The smallest absolute Gasteiger partial charge is 0.222 e. The zero-order valence-electron chi connectivity index (χ0n) is 16.4. The minimum Gasteiger partial charge on any atom is -0.494 e. The fraction of sp³-hybridized carbons (Fsp3) is 0.391. The number of fused-ring (bicyclic) bond motifs is 1. The number of likely N-dealkylation sites (tertiary alicyclic amines) is 1. The van der Waals surface area contributed by atoms with Gasteiger partial charge in [0.05, 0.1) is 23.7 Å². The van der Waals surface area contributed by atoms with E-state index in [1.807, 2.05) is 54.3 Å². The number of hydrogen-bond acceptors (Lipinski definition) is 3. The Kier molecular flexibility index (Phi) is 5.60. The predicted molar refractivity (Wildman–Crippen MR) is 110 cm³/mol. The van der Waals surface area contributed by atoms with Crippen LogP contribution in [0.4, 0.5) is 0 Å². The van der Waals surface area contributed by atoms with E-state index in [1.165, 1.54) is 0 Å². The highest BCUT2D eigenvalue weighted by molar-refractivity contribution is 5.78. The summed E-state index contributed by atoms with van der Waals surface area (Å²) in [5.41, 5.74) is 2.13. The Bertz CT molecular complexity index is 935. The molecule has 3 aromatic rings. The highest BCUT2D eigenvalue weighted by Crippen LogP contribution is 2.34. The molecule has 1 amide bonds. The Morgan fingerprint density at radius 3 is 2.75 bits per heavy atom. The third-order valence-corrected chi connectivity index (χ3v) is 5.40. The van der Waals surface area contributed by atoms with Gasteiger partial charge in [0.15, 0.2) is 0 Å². The molecule has 1 saturated heterocycles. The van der Waals surface area contributed by atoms with Crippen LogP contribution in [0.25, 0.3) is 11.0 Å². The molecule has 0 N–H and O–H groups in total. The summed E-state index contributed by atoms with van der Waals surface area (Å²) >= 11 is 0. The fourth-order valence-electron chi connectivity index (χ4n) is 4.05. The monoisotopic (exact) mass is 377 g/mol. The number of benzene rings is 2. The fourth-order valence-corrected chi connectivity index (χ4v) is 4.05. The van der Waals surface area contributed by atoms with Gasteiger partial charge in [0.25, 0.3) is 0 Å². The van der Waals surface area contributed by atoms with Crippen molar-refractivity contribution in [3.63, 3.8) is 0 Å². The molecule has 1 aromatic heterocycles. The minimum atomic E-state index is 0.0786. The molecule has 0 radical (unpaired) electrons. The molecule has 5 nitrogen and oxygen atoms in total. The number of carbonyl (C=O) groups is 1. The van der Waals surface area contributed by atoms with E-state index < -0.39 is 0 Å². The van der Waals surface area contributed by atoms with Crippen LogP contribution in [0.5, 0.6) is 5.75 Å². The molecule has 0 saturated carbocycles. The number of amides is 1. The summed E-state index contributed by atoms with van der Waals surface area (Å²) in [6.45, 7) is 4.24. The molecule has 0 bridgehead atoms. The Morgan fingerprint density at radius 1 is 1.14 bits per heavy atom. The molecule has 1 atom stereocenters. The normalized spacial score (nSPS) is 16.6. The van der Waals surface area contributed by atoms with Crippen LogP contribution < -0.4 is 4.74 Å². The van der Waals surface area contributed by atoms with Gasteiger partial charge in [-0.1, -0.05) is 37.3 Å². The molecule has 1 aliphatic heterocycles. The molecule has 0 spiro atoms. The van der Waals surface area contributed by atoms with Gasteiger partial charge in [0, 0.05) is 19.5 Å². The first-order chi connectivity index (χ1) is 13.8. The highest BCUT2D eigenvalue weighted by atomic mass is 16.5. The van der Waals surface area contributed by atoms with E-state index in [0.29, 0.717) is 13.0 Å². The maximum atomic E-state index is 12.4. The van der Waals surface area contributed by atoms with Crippen LogP contribution >= 0.6 is 0 Å². The van der Waals surface area contributed by atoms with Crippen LogP contribution in [0.15, 0.2) is 54.6 Å². The van der Waals surface area contributed by atoms with Crippen molar-refractivity contribution in [3.05, 3.63) is 60.4 Å². The average molecular weight is 377 g/mol. The van der Waals surface area contributed by atoms with E-state index in [-0.39, 0.29) is 11.9 Å². The first-order valence-electron chi connectivity index (χ1n) is 10.2. The second-order valence-electron chi connectivity index (χ2n) is 7.22. The lowest BCUT2D eigenvalue weighted by Gasteiger charge is -2.25. The summed E-state index contributed by atoms with van der Waals surface area (Å²) in [5, 5.41) is 0. The first kappa shape index (κ1) is 18.5. The van der Waals surface area contributed by atoms with E-state index in [0.717, 1.165) is 55.0 Å². The number of imidazole rings is 1. The number of nitrogens with zero attached hydrogens (tertiary/aromatic N) is 3. The van der Waals surface area contributed by atoms with Crippen LogP contribution in [0, 0.1) is 0 Å². The van der Waals surface area contributed by atoms with Gasteiger partial charge in [-0.3, -0.25) is 4.79 Å². The summed E-state index contributed by atoms with van der Waals surface area (Å²) in [4.78, 5) is 19.3. The summed E-state index contributed by atoms with van der Waals surface area (Å²) in [6, 6.07) is 18.2. The highest BCUT2D eigenvalue weighted by Gasteiger charge is 2.32. The van der Waals surface area contributed by atoms with Gasteiger partial charge in [-0.05, 0) is 43.5 Å². The third kappa shape index (κ3) is 3.75. The molecule has 4 rings (SSSR count). The van der Waals surface area contributed by atoms with Crippen molar-refractivity contribution in [3.8, 4) is 5.75 Å². The van der Waals surface area contributed by atoms with Gasteiger partial charge in [-0.2, -0.15) is 0 Å². The van der Waals surface area contributed by atoms with Gasteiger partial charge < -0.3 is 14.2 Å². The molecule has 2 aromatic carbocycles. The summed E-state index contributed by atoms with van der Waals surface area (Å²) < 4.78 is 8.15. The van der Waals surface area contributed by atoms with E-state index in [4.69, 9.17) is 9.72 Å². The van der Waals surface area contributed by atoms with Crippen molar-refractivity contribution in [1.29, 1.82) is 0 Å². The van der Waals surface area contributed by atoms with Crippen molar-refractivity contribution < 1.29 is 9.53 Å². The predicted octanol–water partition coefficient (Wildman–Crippen LogP) is 4.58. The SMILES string of the molecule is CCC(=O)N1CCC[C@@H]1c1nc2ccccc2n1CCCOc1ccccc1. The van der Waals surface area contributed by atoms with Crippen LogP contribution in [-0.2, 0) is 11.3 Å². The second kappa shape index (κ2) is 8.46. The quantitative estimate of drug-likeness (QED) is 0.566. The second-order valence-corrected chi connectivity index (χ2v) is 7.22. The molecule has 1 fully saturated rings. The van der Waals surface area contributed by atoms with E-state index in [1.54, 1.807) is 0 Å². The molecule has 1 aliphatic rings. The average Bonchev–Trinajstić information content (AvgIpc) is 3.36. The molecule has 2 heterocycles. The molecular weight excluding hydrogens is 350 g/mol. The molecular formula is C23H27N3O2. The number of carbonyl (C=O) groups excluding carboxylic acids is 1. The Labute approximate surface area is 165 Å². The molecule has 146 valence electrons. The van der Waals surface area contributed by atoms with Gasteiger partial charge in [-0.15, -0.1) is 0 Å². The van der Waals surface area contributed by atoms with Crippen molar-refractivity contribution in [1.82, 2.24) is 14.5 Å². The van der Waals surface area contributed by atoms with Crippen molar-refractivity contribution in [2.75, 3.05) is 13.2 Å². The molecule has 5 heteroatoms. The lowest BCUT2D eigenvalue weighted by atomic mass is 10.2. The zero-order valence-corrected chi connectivity index (χ0v) is 16.4. The van der Waals surface area contributed by atoms with E-state index in [9.17, 15) is 4.79 Å². The lowest BCUT2D eigenvalue weighted by molar-refractivity contribution is -0.131. The zero-order chi connectivity index (χ0) is 19.3. The minimum absolute atomic E-state index is 0.0786. The number of aryl methyl sites for hydroxylation is 1. The van der Waals surface area contributed by atoms with Crippen LogP contribution in [-0.4, -0.2) is 33.5 Å². The molecule has 28 heavy (non-hydrogen) atoms. The standard InChI is InChI=1S/C23H27N3O2/c1-2-22(27)25-15-8-14-21(25)23-24-19-12-6-7-13-20(19)26(23)16-9-17-28-18-10-4-3-5-11-18/h3-7,10-13,21H,2,8-9,14-17H2,1H3/t21-/m1/s1. The third-order valence-electron chi connectivity index (χ3n) is 5.40. The maximum absolute atomic E-state index is 12.4. The lowest BCUT2D eigenvalue weighted by Crippen LogP contribution is -2.31. The molecule has 0 unspecified atom stereocenters. The summed E-state index contributed by atoms with van der Waals surface area (Å²) in [7, 11) is 0. The number of rotatable bonds is 7. The van der Waals surface area contributed by atoms with Crippen molar-refractivity contribution in [2.45, 2.75) is 45.2 Å². The number of para-hydroxylation sites is 3. The van der Waals surface area contributed by atoms with Crippen molar-refractivity contribution >= 4 is 16.9 Å². The van der Waals surface area contributed by atoms with E-state index in [2.05, 4.69) is 16.7 Å². The topological polar surface area (TPSA) is 47.4 Å². The maximum Gasteiger partial charge on any atom is 0.222 e. The summed E-state index contributed by atoms with van der Waals surface area (Å²) in [6.07, 6.45) is 3.45. The van der Waals surface area contributed by atoms with Crippen LogP contribution in [0.1, 0.15) is 44.5 Å². The first-order valence-corrected chi connectivity index (χ1v) is 10.2. The number of hydrogen-bond donors (Lipinski definition) is 0. The Morgan fingerprint density at radius 2 is 1.93 bits per heavy atom. The van der Waals surface area contributed by atoms with Crippen LogP contribution in [0.3, 0.4) is 0 Å². The Balaban J connectivity index is 1.54. The molecule has 0 aliphatic carbocycles. The largest absolute Gasteiger partial charge is 0.494 e.